The summed E-state index contributed by atoms with van der Waals surface area (Å²) in [7, 11) is 0. The van der Waals surface area contributed by atoms with Crippen molar-refractivity contribution in [2.75, 3.05) is 6.54 Å². The van der Waals surface area contributed by atoms with Gasteiger partial charge >= 0.3 is 5.97 Å². The summed E-state index contributed by atoms with van der Waals surface area (Å²) < 4.78 is 0. The molecule has 1 N–H and O–H groups in total. The Hall–Kier alpha value is -2.43. The molecule has 0 saturated carbocycles. The Morgan fingerprint density at radius 1 is 1.32 bits per heavy atom. The maximum absolute atomic E-state index is 11.7. The highest BCUT2D eigenvalue weighted by Gasteiger charge is 2.27. The van der Waals surface area contributed by atoms with Crippen LogP contribution in [0.5, 0.6) is 0 Å². The minimum Gasteiger partial charge on any atom is -0.478 e. The van der Waals surface area contributed by atoms with Crippen LogP contribution < -0.4 is 0 Å². The highest BCUT2D eigenvalue weighted by atomic mass is 16.4. The summed E-state index contributed by atoms with van der Waals surface area (Å²) in [5.74, 6) is -1.58. The van der Waals surface area contributed by atoms with Gasteiger partial charge in [-0.05, 0) is 31.0 Å². The van der Waals surface area contributed by atoms with Crippen LogP contribution >= 0.6 is 0 Å². The Morgan fingerprint density at radius 3 is 2.63 bits per heavy atom. The van der Waals surface area contributed by atoms with Gasteiger partial charge in [-0.25, -0.2) is 4.79 Å². The van der Waals surface area contributed by atoms with Gasteiger partial charge in [0.05, 0.1) is 5.56 Å². The number of benzene rings is 1. The third-order valence-corrected chi connectivity index (χ3v) is 2.99. The van der Waals surface area contributed by atoms with E-state index in [4.69, 9.17) is 5.11 Å². The van der Waals surface area contributed by atoms with Crippen molar-refractivity contribution in [3.05, 3.63) is 47.0 Å². The molecule has 5 heteroatoms. The Morgan fingerprint density at radius 2 is 2.05 bits per heavy atom. The van der Waals surface area contributed by atoms with Crippen molar-refractivity contribution in [1.29, 1.82) is 0 Å². The molecule has 5 nitrogen and oxygen atoms in total. The number of carboxylic acid groups (broad SMARTS) is 1. The first-order chi connectivity index (χ1) is 8.99. The molecular weight excluding hydrogens is 246 g/mol. The lowest BCUT2D eigenvalue weighted by molar-refractivity contribution is -0.137. The zero-order valence-corrected chi connectivity index (χ0v) is 10.4. The molecule has 0 bridgehead atoms. The number of hydrogen-bond donors (Lipinski definition) is 1. The molecule has 0 aromatic heterocycles. The third-order valence-electron chi connectivity index (χ3n) is 2.99. The van der Waals surface area contributed by atoms with Gasteiger partial charge in [0, 0.05) is 18.2 Å². The fourth-order valence-corrected chi connectivity index (χ4v) is 1.95. The van der Waals surface area contributed by atoms with Gasteiger partial charge in [-0.1, -0.05) is 12.1 Å². The molecule has 0 spiro atoms. The molecule has 1 aromatic carbocycles. The van der Waals surface area contributed by atoms with Crippen LogP contribution in [0.3, 0.4) is 0 Å². The second kappa shape index (κ2) is 5.06. The van der Waals surface area contributed by atoms with E-state index in [0.717, 1.165) is 5.56 Å². The van der Waals surface area contributed by atoms with Gasteiger partial charge in [0.15, 0.2) is 0 Å². The number of carbonyl (C=O) groups excluding carboxylic acids is 2. The predicted octanol–water partition coefficient (Wildman–Crippen LogP) is 1.24. The van der Waals surface area contributed by atoms with Crippen LogP contribution in [0.1, 0.15) is 22.8 Å². The second-order valence-corrected chi connectivity index (χ2v) is 4.38. The minimum absolute atomic E-state index is 0.200. The SMILES string of the molecule is CC1=CC(=O)N(CCc2cccc(C(=O)O)c2)C1=O. The van der Waals surface area contributed by atoms with E-state index in [1.807, 2.05) is 0 Å². The molecule has 0 atom stereocenters. The van der Waals surface area contributed by atoms with Crippen molar-refractivity contribution in [1.82, 2.24) is 4.90 Å². The second-order valence-electron chi connectivity index (χ2n) is 4.38. The molecule has 0 unspecified atom stereocenters. The van der Waals surface area contributed by atoms with E-state index in [1.165, 1.54) is 17.0 Å². The molecular formula is C14H13NO4. The van der Waals surface area contributed by atoms with Crippen molar-refractivity contribution >= 4 is 17.8 Å². The van der Waals surface area contributed by atoms with E-state index in [9.17, 15) is 14.4 Å². The van der Waals surface area contributed by atoms with Gasteiger partial charge in [-0.15, -0.1) is 0 Å². The van der Waals surface area contributed by atoms with Crippen molar-refractivity contribution in [2.45, 2.75) is 13.3 Å². The number of nitrogens with zero attached hydrogens (tertiary/aromatic N) is 1. The van der Waals surface area contributed by atoms with Gasteiger partial charge < -0.3 is 5.11 Å². The predicted molar refractivity (Wildman–Crippen MR) is 67.6 cm³/mol. The molecule has 98 valence electrons. The normalized spacial score (nSPS) is 14.8. The molecule has 0 radical (unpaired) electrons. The van der Waals surface area contributed by atoms with E-state index < -0.39 is 5.97 Å². The number of rotatable bonds is 4. The van der Waals surface area contributed by atoms with Gasteiger partial charge in [0.25, 0.3) is 11.8 Å². The van der Waals surface area contributed by atoms with E-state index in [2.05, 4.69) is 0 Å². The van der Waals surface area contributed by atoms with E-state index >= 15 is 0 Å². The third kappa shape index (κ3) is 2.70. The highest BCUT2D eigenvalue weighted by Crippen LogP contribution is 2.13. The summed E-state index contributed by atoms with van der Waals surface area (Å²) >= 11 is 0. The van der Waals surface area contributed by atoms with Crippen molar-refractivity contribution < 1.29 is 19.5 Å². The first kappa shape index (κ1) is 13.0. The largest absolute Gasteiger partial charge is 0.478 e. The molecule has 1 heterocycles. The number of carboxylic acids is 1. The Balaban J connectivity index is 2.04. The average molecular weight is 259 g/mol. The van der Waals surface area contributed by atoms with Crippen LogP contribution in [-0.4, -0.2) is 34.3 Å². The van der Waals surface area contributed by atoms with Crippen LogP contribution in [0, 0.1) is 0 Å². The lowest BCUT2D eigenvalue weighted by Crippen LogP contribution is -2.32. The molecule has 1 aliphatic heterocycles. The number of aromatic carboxylic acids is 1. The molecule has 19 heavy (non-hydrogen) atoms. The minimum atomic E-state index is -0.993. The number of carbonyl (C=O) groups is 3. The van der Waals surface area contributed by atoms with Gasteiger partial charge in [-0.2, -0.15) is 0 Å². The molecule has 1 aliphatic rings. The van der Waals surface area contributed by atoms with Crippen LogP contribution in [0.2, 0.25) is 0 Å². The monoisotopic (exact) mass is 259 g/mol. The lowest BCUT2D eigenvalue weighted by atomic mass is 10.1. The van der Waals surface area contributed by atoms with Crippen LogP contribution in [0.15, 0.2) is 35.9 Å². The fourth-order valence-electron chi connectivity index (χ4n) is 1.95. The topological polar surface area (TPSA) is 74.7 Å². The Labute approximate surface area is 110 Å². The average Bonchev–Trinajstić information content (AvgIpc) is 2.61. The van der Waals surface area contributed by atoms with Crippen LogP contribution in [-0.2, 0) is 16.0 Å². The maximum Gasteiger partial charge on any atom is 0.335 e. The molecule has 2 amide bonds. The summed E-state index contributed by atoms with van der Waals surface area (Å²) in [5, 5.41) is 8.88. The first-order valence-electron chi connectivity index (χ1n) is 5.85. The standard InChI is InChI=1S/C14H13NO4/c1-9-7-12(16)15(13(9)17)6-5-10-3-2-4-11(8-10)14(18)19/h2-4,7-8H,5-6H2,1H3,(H,18,19). The molecule has 0 aliphatic carbocycles. The lowest BCUT2D eigenvalue weighted by Gasteiger charge is -2.14. The van der Waals surface area contributed by atoms with Gasteiger partial charge in [0.2, 0.25) is 0 Å². The molecule has 2 rings (SSSR count). The maximum atomic E-state index is 11.7. The number of imide groups is 1. The summed E-state index contributed by atoms with van der Waals surface area (Å²) in [4.78, 5) is 35.2. The highest BCUT2D eigenvalue weighted by molar-refractivity contribution is 6.15. The van der Waals surface area contributed by atoms with Crippen molar-refractivity contribution in [3.63, 3.8) is 0 Å². The zero-order chi connectivity index (χ0) is 14.0. The van der Waals surface area contributed by atoms with Crippen LogP contribution in [0.25, 0.3) is 0 Å². The number of hydrogen-bond acceptors (Lipinski definition) is 3. The number of amides is 2. The van der Waals surface area contributed by atoms with Crippen LogP contribution in [0.4, 0.5) is 0 Å². The van der Waals surface area contributed by atoms with Gasteiger partial charge in [-0.3, -0.25) is 14.5 Å². The zero-order valence-electron chi connectivity index (χ0n) is 10.4. The first-order valence-corrected chi connectivity index (χ1v) is 5.85. The molecule has 0 saturated heterocycles. The van der Waals surface area contributed by atoms with E-state index in [0.29, 0.717) is 12.0 Å². The van der Waals surface area contributed by atoms with E-state index in [-0.39, 0.29) is 23.9 Å². The van der Waals surface area contributed by atoms with Gasteiger partial charge in [0.1, 0.15) is 0 Å². The Kier molecular flexibility index (Phi) is 3.46. The van der Waals surface area contributed by atoms with Crippen molar-refractivity contribution in [3.8, 4) is 0 Å². The fraction of sp³-hybridized carbons (Fsp3) is 0.214. The quantitative estimate of drug-likeness (QED) is 0.825. The Bertz CT molecular complexity index is 589. The summed E-state index contributed by atoms with van der Waals surface area (Å²) in [6.07, 6.45) is 1.76. The summed E-state index contributed by atoms with van der Waals surface area (Å²) in [6.45, 7) is 1.86. The van der Waals surface area contributed by atoms with E-state index in [1.54, 1.807) is 25.1 Å². The smallest absolute Gasteiger partial charge is 0.335 e. The molecule has 0 fully saturated rings. The molecule has 1 aromatic rings. The summed E-state index contributed by atoms with van der Waals surface area (Å²) in [5.41, 5.74) is 1.42. The summed E-state index contributed by atoms with van der Waals surface area (Å²) in [6, 6.07) is 6.48. The van der Waals surface area contributed by atoms with Crippen molar-refractivity contribution in [2.24, 2.45) is 0 Å².